The summed E-state index contributed by atoms with van der Waals surface area (Å²) < 4.78 is 12.8. The van der Waals surface area contributed by atoms with Crippen LogP contribution in [0.15, 0.2) is 24.8 Å². The zero-order valence-corrected chi connectivity index (χ0v) is 23.6. The molecule has 0 bridgehead atoms. The van der Waals surface area contributed by atoms with Crippen molar-refractivity contribution in [3.05, 3.63) is 24.8 Å². The van der Waals surface area contributed by atoms with Gasteiger partial charge in [0.1, 0.15) is 43.4 Å². The molecule has 0 aromatic heterocycles. The van der Waals surface area contributed by atoms with E-state index in [1.54, 1.807) is 11.6 Å². The normalized spacial score (nSPS) is 21.2. The topological polar surface area (TPSA) is 132 Å². The lowest BCUT2D eigenvalue weighted by Crippen LogP contribution is -2.34. The Morgan fingerprint density at radius 2 is 1.64 bits per heavy atom. The average molecular weight is 546 g/mol. The van der Waals surface area contributed by atoms with Crippen molar-refractivity contribution < 1.29 is 24.5 Å². The molecule has 3 aliphatic heterocycles. The van der Waals surface area contributed by atoms with Crippen LogP contribution < -0.4 is 5.32 Å². The van der Waals surface area contributed by atoms with Crippen molar-refractivity contribution in [1.82, 2.24) is 19.5 Å². The van der Waals surface area contributed by atoms with E-state index < -0.39 is 24.5 Å². The van der Waals surface area contributed by atoms with Crippen LogP contribution in [-0.4, -0.2) is 67.7 Å². The number of fused-ring (bicyclic) bond motifs is 1. The minimum Gasteiger partial charge on any atom is -0.463 e. The van der Waals surface area contributed by atoms with Crippen LogP contribution in [-0.2, 0) is 14.3 Å². The number of allylic oxidation sites excluding steroid dienone is 2. The van der Waals surface area contributed by atoms with Gasteiger partial charge in [-0.2, -0.15) is 0 Å². The van der Waals surface area contributed by atoms with Gasteiger partial charge in [-0.25, -0.2) is 15.0 Å². The highest BCUT2D eigenvalue weighted by Gasteiger charge is 2.45. The molecule has 0 saturated carbocycles. The van der Waals surface area contributed by atoms with Gasteiger partial charge in [-0.1, -0.05) is 70.4 Å². The van der Waals surface area contributed by atoms with E-state index in [1.807, 2.05) is 0 Å². The molecule has 10 heteroatoms. The first-order chi connectivity index (χ1) is 19.1. The van der Waals surface area contributed by atoms with Crippen LogP contribution in [0.5, 0.6) is 0 Å². The summed E-state index contributed by atoms with van der Waals surface area (Å²) in [6.07, 6.45) is 19.3. The molecule has 218 valence electrons. The molecule has 3 heterocycles. The number of nitrogens with zero attached hydrogens (tertiary/aromatic N) is 4. The second-order valence-corrected chi connectivity index (χ2v) is 10.4. The van der Waals surface area contributed by atoms with E-state index in [0.29, 0.717) is 23.8 Å². The van der Waals surface area contributed by atoms with Crippen LogP contribution >= 0.6 is 0 Å². The Morgan fingerprint density at radius 1 is 0.974 bits per heavy atom. The van der Waals surface area contributed by atoms with Gasteiger partial charge in [0.15, 0.2) is 17.7 Å². The van der Waals surface area contributed by atoms with E-state index in [4.69, 9.17) is 9.47 Å². The smallest absolute Gasteiger partial charge is 0.305 e. The number of aromatic nitrogens is 4. The number of aliphatic hydroxyl groups excluding tert-OH is 2. The first-order valence-corrected chi connectivity index (χ1v) is 14.7. The fourth-order valence-electron chi connectivity index (χ4n) is 4.94. The van der Waals surface area contributed by atoms with Gasteiger partial charge in [-0.3, -0.25) is 9.36 Å². The van der Waals surface area contributed by atoms with Crippen molar-refractivity contribution in [3.8, 4) is 11.5 Å². The van der Waals surface area contributed by atoms with Crippen molar-refractivity contribution in [3.63, 3.8) is 0 Å². The van der Waals surface area contributed by atoms with Crippen molar-refractivity contribution in [2.24, 2.45) is 0 Å². The number of imidazole rings is 1. The van der Waals surface area contributed by atoms with Crippen molar-refractivity contribution >= 4 is 11.8 Å². The average Bonchev–Trinajstić information content (AvgIpc) is 3.53. The SMILES string of the molecule is CCCCCCCC/C=C/CCCCCCCC(=O)OC[C@H]1O[C@@H](n2cnc3ncnc-3c2NC)[C@@H](O)[C@@H]1O. The van der Waals surface area contributed by atoms with Crippen LogP contribution in [0.4, 0.5) is 5.82 Å². The summed E-state index contributed by atoms with van der Waals surface area (Å²) in [5.74, 6) is 0.695. The highest BCUT2D eigenvalue weighted by atomic mass is 16.6. The van der Waals surface area contributed by atoms with Gasteiger partial charge in [0, 0.05) is 13.5 Å². The summed E-state index contributed by atoms with van der Waals surface area (Å²) >= 11 is 0. The largest absolute Gasteiger partial charge is 0.463 e. The first kappa shape index (κ1) is 31.0. The number of carbonyl (C=O) groups excluding carboxylic acids is 1. The van der Waals surface area contributed by atoms with Gasteiger partial charge in [0.05, 0.1) is 0 Å². The third kappa shape index (κ3) is 9.54. The molecule has 3 aliphatic rings. The minimum atomic E-state index is -1.22. The van der Waals surface area contributed by atoms with E-state index in [1.165, 1.54) is 70.4 Å². The number of carbonyl (C=O) groups is 1. The standard InChI is InChI=1S/C29H47N5O5/c1-3-4-5-6-7-8-9-10-11-12-13-14-15-16-17-18-23(35)38-19-22-25(36)26(37)29(39-22)34-21-33-27-24(28(34)30-2)31-20-32-27/h10-11,20-22,25-26,29-30,36-37H,3-9,12-19H2,1-2H3/b11-10+/t22-,25-,26+,29-/m1/s1. The van der Waals surface area contributed by atoms with E-state index in [9.17, 15) is 15.0 Å². The molecule has 1 saturated heterocycles. The Kier molecular flexibility index (Phi) is 13.7. The number of anilines is 1. The lowest BCUT2D eigenvalue weighted by Gasteiger charge is -2.22. The predicted octanol–water partition coefficient (Wildman–Crippen LogP) is 5.02. The van der Waals surface area contributed by atoms with Crippen LogP contribution in [0.25, 0.3) is 11.5 Å². The molecule has 3 N–H and O–H groups in total. The van der Waals surface area contributed by atoms with Crippen molar-refractivity contribution in [2.45, 2.75) is 121 Å². The molecule has 0 amide bonds. The molecule has 1 fully saturated rings. The number of ether oxygens (including phenoxy) is 2. The Morgan fingerprint density at radius 3 is 2.33 bits per heavy atom. The van der Waals surface area contributed by atoms with Gasteiger partial charge >= 0.3 is 5.97 Å². The number of rotatable bonds is 19. The number of hydrogen-bond donors (Lipinski definition) is 3. The number of aliphatic hydroxyl groups is 2. The van der Waals surface area contributed by atoms with Crippen LogP contribution in [0.2, 0.25) is 0 Å². The molecule has 0 aliphatic carbocycles. The van der Waals surface area contributed by atoms with Crippen LogP contribution in [0.1, 0.15) is 103 Å². The highest BCUT2D eigenvalue weighted by molar-refractivity contribution is 5.69. The summed E-state index contributed by atoms with van der Waals surface area (Å²) in [5.41, 5.74) is 0.528. The van der Waals surface area contributed by atoms with Gasteiger partial charge in [-0.15, -0.1) is 0 Å². The summed E-state index contributed by atoms with van der Waals surface area (Å²) in [6.45, 7) is 2.13. The molecule has 0 aromatic rings. The maximum Gasteiger partial charge on any atom is 0.305 e. The highest BCUT2D eigenvalue weighted by Crippen LogP contribution is 2.34. The predicted molar refractivity (Wildman–Crippen MR) is 150 cm³/mol. The zero-order chi connectivity index (χ0) is 27.9. The fraction of sp³-hybridized carbons (Fsp3) is 0.724. The van der Waals surface area contributed by atoms with Crippen LogP contribution in [0.3, 0.4) is 0 Å². The molecule has 3 rings (SSSR count). The molecular weight excluding hydrogens is 498 g/mol. The van der Waals surface area contributed by atoms with Gasteiger partial charge in [0.25, 0.3) is 0 Å². The number of nitrogens with one attached hydrogen (secondary N) is 1. The molecular formula is C29H47N5O5. The number of hydrogen-bond acceptors (Lipinski definition) is 9. The lowest BCUT2D eigenvalue weighted by atomic mass is 10.1. The van der Waals surface area contributed by atoms with E-state index in [-0.39, 0.29) is 12.6 Å². The maximum absolute atomic E-state index is 12.2. The molecule has 4 atom stereocenters. The monoisotopic (exact) mass is 545 g/mol. The van der Waals surface area contributed by atoms with Crippen molar-refractivity contribution in [1.29, 1.82) is 0 Å². The second-order valence-electron chi connectivity index (χ2n) is 10.4. The summed E-state index contributed by atoms with van der Waals surface area (Å²) in [4.78, 5) is 24.7. The molecule has 0 aromatic carbocycles. The lowest BCUT2D eigenvalue weighted by molar-refractivity contribution is -0.150. The minimum absolute atomic E-state index is 0.125. The van der Waals surface area contributed by atoms with Crippen molar-refractivity contribution in [2.75, 3.05) is 19.0 Å². The van der Waals surface area contributed by atoms with Gasteiger partial charge < -0.3 is 25.0 Å². The number of esters is 1. The Balaban J connectivity index is 1.25. The summed E-state index contributed by atoms with van der Waals surface area (Å²) in [6, 6.07) is 0. The Bertz CT molecular complexity index is 967. The quantitative estimate of drug-likeness (QED) is 0.126. The molecule has 39 heavy (non-hydrogen) atoms. The molecule has 0 radical (unpaired) electrons. The third-order valence-electron chi connectivity index (χ3n) is 7.27. The van der Waals surface area contributed by atoms with Gasteiger partial charge in [0.2, 0.25) is 0 Å². The van der Waals surface area contributed by atoms with E-state index in [2.05, 4.69) is 39.3 Å². The van der Waals surface area contributed by atoms with E-state index >= 15 is 0 Å². The second kappa shape index (κ2) is 17.2. The molecule has 0 spiro atoms. The first-order valence-electron chi connectivity index (χ1n) is 14.7. The Labute approximate surface area is 232 Å². The number of unbranched alkanes of at least 4 members (excludes halogenated alkanes) is 11. The van der Waals surface area contributed by atoms with Crippen LogP contribution in [0, 0.1) is 0 Å². The third-order valence-corrected chi connectivity index (χ3v) is 7.27. The fourth-order valence-corrected chi connectivity index (χ4v) is 4.94. The Hall–Kier alpha value is -2.56. The molecule has 10 nitrogen and oxygen atoms in total. The maximum atomic E-state index is 12.2. The zero-order valence-electron chi connectivity index (χ0n) is 23.6. The summed E-state index contributed by atoms with van der Waals surface area (Å²) in [7, 11) is 1.71. The van der Waals surface area contributed by atoms with E-state index in [0.717, 1.165) is 25.7 Å². The molecule has 0 unspecified atom stereocenters. The van der Waals surface area contributed by atoms with Gasteiger partial charge in [-0.05, 0) is 32.1 Å². The summed E-state index contributed by atoms with van der Waals surface area (Å²) in [5, 5.41) is 24.1.